The highest BCUT2D eigenvalue weighted by Crippen LogP contribution is 2.49. The average molecular weight is 983 g/mol. The van der Waals surface area contributed by atoms with Crippen LogP contribution in [0.3, 0.4) is 0 Å². The maximum atomic E-state index is 13.0. The predicted molar refractivity (Wildman–Crippen MR) is 252 cm³/mol. The molecule has 1 aliphatic carbocycles. The van der Waals surface area contributed by atoms with E-state index in [4.69, 9.17) is 18.5 Å². The molecule has 66 heavy (non-hydrogen) atoms. The molecule has 9 atom stereocenters. The fraction of sp³-hybridized carbons (Fsp3) is 0.787. The minimum absolute atomic E-state index is 0.0273. The van der Waals surface area contributed by atoms with Gasteiger partial charge in [-0.25, -0.2) is 9.13 Å². The molecule has 0 radical (unpaired) electrons. The van der Waals surface area contributed by atoms with Crippen LogP contribution in [0.4, 0.5) is 0 Å². The lowest BCUT2D eigenvalue weighted by Gasteiger charge is -2.43. The van der Waals surface area contributed by atoms with E-state index in [1.807, 2.05) is 18.2 Å². The van der Waals surface area contributed by atoms with Gasteiger partial charge < -0.3 is 49.7 Å². The molecule has 6 unspecified atom stereocenters. The molecule has 0 aromatic carbocycles. The number of ether oxygens (including phenoxy) is 2. The van der Waals surface area contributed by atoms with E-state index < -0.39 is 89.6 Å². The Bertz CT molecular complexity index is 1480. The highest BCUT2D eigenvalue weighted by molar-refractivity contribution is 7.47. The third-order valence-corrected chi connectivity index (χ3v) is 12.5. The van der Waals surface area contributed by atoms with Crippen molar-refractivity contribution in [1.82, 2.24) is 0 Å². The number of hydrogen-bond acceptors (Lipinski definition) is 14. The van der Waals surface area contributed by atoms with Crippen molar-refractivity contribution in [2.24, 2.45) is 0 Å². The van der Waals surface area contributed by atoms with Gasteiger partial charge in [-0.3, -0.25) is 23.2 Å². The maximum absolute atomic E-state index is 13.0. The summed E-state index contributed by atoms with van der Waals surface area (Å²) in [7, 11) is -10.7. The van der Waals surface area contributed by atoms with E-state index in [-0.39, 0.29) is 12.8 Å². The van der Waals surface area contributed by atoms with Gasteiger partial charge in [-0.2, -0.15) is 0 Å². The third-order valence-electron chi connectivity index (χ3n) is 11.0. The quantitative estimate of drug-likeness (QED) is 0.00943. The third kappa shape index (κ3) is 31.9. The summed E-state index contributed by atoms with van der Waals surface area (Å²) in [5.74, 6) is -1.29. The fourth-order valence-electron chi connectivity index (χ4n) is 7.20. The van der Waals surface area contributed by atoms with Crippen molar-refractivity contribution >= 4 is 27.6 Å². The summed E-state index contributed by atoms with van der Waals surface area (Å²) in [6.07, 6.45) is 23.6. The van der Waals surface area contributed by atoms with Gasteiger partial charge >= 0.3 is 27.6 Å². The molecule has 1 rings (SSSR count). The van der Waals surface area contributed by atoms with Gasteiger partial charge in [0.25, 0.3) is 0 Å². The Morgan fingerprint density at radius 2 is 1.11 bits per heavy atom. The summed E-state index contributed by atoms with van der Waals surface area (Å²) in [6, 6.07) is 0. The van der Waals surface area contributed by atoms with Crippen LogP contribution in [0.25, 0.3) is 0 Å². The number of rotatable bonds is 40. The first-order valence-electron chi connectivity index (χ1n) is 24.3. The van der Waals surface area contributed by atoms with Crippen LogP contribution in [-0.4, -0.2) is 114 Å². The highest BCUT2D eigenvalue weighted by Gasteiger charge is 2.54. The fourth-order valence-corrected chi connectivity index (χ4v) is 8.74. The van der Waals surface area contributed by atoms with E-state index in [1.54, 1.807) is 6.08 Å². The number of carbonyl (C=O) groups excluding carboxylic acids is 2. The second-order valence-corrected chi connectivity index (χ2v) is 19.6. The van der Waals surface area contributed by atoms with Gasteiger partial charge in [0.05, 0.1) is 12.7 Å². The lowest BCUT2D eigenvalue weighted by atomic mass is 9.85. The molecular weight excluding hydrogens is 898 g/mol. The van der Waals surface area contributed by atoms with Crippen molar-refractivity contribution in [1.29, 1.82) is 0 Å². The number of aliphatic hydroxyl groups excluding tert-OH is 5. The first kappa shape index (κ1) is 61.9. The second-order valence-electron chi connectivity index (χ2n) is 17.0. The summed E-state index contributed by atoms with van der Waals surface area (Å²) in [6.45, 7) is 2.89. The summed E-state index contributed by atoms with van der Waals surface area (Å²) in [4.78, 5) is 54.3. The lowest BCUT2D eigenvalue weighted by molar-refractivity contribution is -0.216. The van der Waals surface area contributed by atoms with Gasteiger partial charge in [0.15, 0.2) is 6.10 Å². The van der Waals surface area contributed by atoms with Gasteiger partial charge in [0, 0.05) is 12.8 Å². The van der Waals surface area contributed by atoms with Crippen LogP contribution in [0.15, 0.2) is 48.6 Å². The Balaban J connectivity index is 2.61. The van der Waals surface area contributed by atoms with E-state index in [1.165, 1.54) is 38.5 Å². The second kappa shape index (κ2) is 37.8. The number of carbonyl (C=O) groups is 2. The van der Waals surface area contributed by atoms with Gasteiger partial charge in [0.2, 0.25) is 0 Å². The zero-order valence-electron chi connectivity index (χ0n) is 39.5. The Morgan fingerprint density at radius 1 is 0.576 bits per heavy atom. The smallest absolute Gasteiger partial charge is 0.462 e. The standard InChI is InChI=1S/C47H84O17P2/c1-3-5-7-9-11-12-13-14-15-16-17-18-19-20-22-26-30-34-40(49)60-36-39(62-41(50)35-31-27-23-25-29-33-38(48)32-28-24-21-10-8-6-4-2)37-61-66(58,59)64-47-44(53)42(51)43(52)46(45(47)54)63-65(55,56)57/h6,8,14-15,21,24,28,32,38-39,42-48,51-54H,3-5,7,9-13,16-20,22-23,25-27,29-31,33-37H2,1-2H3,(H,58,59)(H2,55,56,57)/b8-6+,15-14-,24-21+,32-28+/t38?,39-,42?,43?,44?,45?,46-,47+/m1/s1. The van der Waals surface area contributed by atoms with Crippen LogP contribution in [-0.2, 0) is 41.8 Å². The van der Waals surface area contributed by atoms with Crippen LogP contribution in [0.1, 0.15) is 174 Å². The lowest BCUT2D eigenvalue weighted by Crippen LogP contribution is -2.64. The van der Waals surface area contributed by atoms with Gasteiger partial charge in [0.1, 0.15) is 43.2 Å². The van der Waals surface area contributed by atoms with Crippen LogP contribution in [0.5, 0.6) is 0 Å². The minimum atomic E-state index is -5.38. The van der Waals surface area contributed by atoms with Crippen LogP contribution < -0.4 is 0 Å². The summed E-state index contributed by atoms with van der Waals surface area (Å²) >= 11 is 0. The van der Waals surface area contributed by atoms with Crippen LogP contribution in [0, 0.1) is 0 Å². The van der Waals surface area contributed by atoms with Crippen molar-refractivity contribution in [2.75, 3.05) is 13.2 Å². The Hall–Kier alpha value is -2.08. The van der Waals surface area contributed by atoms with Gasteiger partial charge in [-0.15, -0.1) is 0 Å². The first-order valence-corrected chi connectivity index (χ1v) is 27.3. The Morgan fingerprint density at radius 3 is 1.68 bits per heavy atom. The van der Waals surface area contributed by atoms with E-state index in [2.05, 4.69) is 42.7 Å². The molecule has 1 saturated carbocycles. The first-order chi connectivity index (χ1) is 31.5. The number of unbranched alkanes of at least 4 members (excludes halogenated alkanes) is 17. The van der Waals surface area contributed by atoms with E-state index in [9.17, 15) is 58.9 Å². The van der Waals surface area contributed by atoms with Crippen molar-refractivity contribution < 1.29 is 82.0 Å². The normalized spacial score (nSPS) is 22.4. The summed E-state index contributed by atoms with van der Waals surface area (Å²) in [5, 5.41) is 51.4. The predicted octanol–water partition coefficient (Wildman–Crippen LogP) is 8.26. The summed E-state index contributed by atoms with van der Waals surface area (Å²) < 4.78 is 49.3. The molecule has 19 heteroatoms. The molecule has 1 aliphatic rings. The van der Waals surface area contributed by atoms with Crippen molar-refractivity contribution in [3.63, 3.8) is 0 Å². The molecular formula is C47H84O17P2. The molecule has 0 aromatic rings. The molecule has 8 N–H and O–H groups in total. The van der Waals surface area contributed by atoms with Crippen molar-refractivity contribution in [3.05, 3.63) is 48.6 Å². The largest absolute Gasteiger partial charge is 0.472 e. The number of esters is 2. The van der Waals surface area contributed by atoms with E-state index in [0.29, 0.717) is 25.7 Å². The van der Waals surface area contributed by atoms with Crippen LogP contribution in [0.2, 0.25) is 0 Å². The number of phosphoric acid groups is 2. The highest BCUT2D eigenvalue weighted by atomic mass is 31.2. The molecule has 0 spiro atoms. The maximum Gasteiger partial charge on any atom is 0.472 e. The van der Waals surface area contributed by atoms with Gasteiger partial charge in [-0.1, -0.05) is 152 Å². The molecule has 1 fully saturated rings. The molecule has 0 aliphatic heterocycles. The topological polar surface area (TPSA) is 276 Å². The number of hydrogen-bond donors (Lipinski definition) is 8. The number of allylic oxidation sites excluding steroid dienone is 7. The molecule has 0 saturated heterocycles. The molecule has 0 amide bonds. The summed E-state index contributed by atoms with van der Waals surface area (Å²) in [5.41, 5.74) is 0. The van der Waals surface area contributed by atoms with E-state index >= 15 is 0 Å². The monoisotopic (exact) mass is 983 g/mol. The van der Waals surface area contributed by atoms with Crippen molar-refractivity contribution in [2.45, 2.75) is 223 Å². The van der Waals surface area contributed by atoms with Crippen LogP contribution >= 0.6 is 15.6 Å². The van der Waals surface area contributed by atoms with Crippen molar-refractivity contribution in [3.8, 4) is 0 Å². The molecule has 0 heterocycles. The Labute approximate surface area is 393 Å². The van der Waals surface area contributed by atoms with E-state index in [0.717, 1.165) is 83.5 Å². The SMILES string of the molecule is CC/C=C/C/C=C/C=C/C(O)CCCCCCCC(=O)O[C@H](COC(=O)CCCCCCCCC/C=C\CCCCCCCC)COP(=O)(O)O[C@H]1C(O)C(O)C(O)[C@@H](OP(=O)(O)O)C1O. The average Bonchev–Trinajstić information content (AvgIpc) is 3.27. The number of aliphatic hydroxyl groups is 5. The van der Waals surface area contributed by atoms with Gasteiger partial charge in [-0.05, 0) is 57.8 Å². The molecule has 0 aromatic heterocycles. The number of phosphoric ester groups is 2. The molecule has 384 valence electrons. The zero-order valence-corrected chi connectivity index (χ0v) is 41.3. The molecule has 0 bridgehead atoms. The Kier molecular flexibility index (Phi) is 35.4. The molecule has 17 nitrogen and oxygen atoms in total. The zero-order chi connectivity index (χ0) is 49.1. The minimum Gasteiger partial charge on any atom is -0.462 e.